The average molecular weight is 535 g/mol. The standard InChI is InChI=1S/C27H27BrN4O3/c1-27-16-21-20-15-18(28)8-9-22(20)29-23(21)24(17-6-5-7-19(33)14-17)32(27)26(35)31(25(27)34)13-12-30-10-3-2-4-11-30/h2-3,5-9,14-15,24,29,33H,4,10-13,16H2,1H3. The van der Waals surface area contributed by atoms with E-state index in [0.717, 1.165) is 51.7 Å². The summed E-state index contributed by atoms with van der Waals surface area (Å²) >= 11 is 3.58. The highest BCUT2D eigenvalue weighted by Gasteiger charge is 2.60. The van der Waals surface area contributed by atoms with E-state index in [4.69, 9.17) is 0 Å². The summed E-state index contributed by atoms with van der Waals surface area (Å²) in [6.07, 6.45) is 5.72. The summed E-state index contributed by atoms with van der Waals surface area (Å²) in [7, 11) is 0. The number of aromatic amines is 1. The largest absolute Gasteiger partial charge is 0.508 e. The SMILES string of the molecule is CC12Cc3c([nH]c4ccc(Br)cc34)C(c3cccc(O)c3)N1C(=O)N(CCN1CC=CCC1)C2=O. The van der Waals surface area contributed by atoms with Gasteiger partial charge in [-0.1, -0.05) is 40.2 Å². The lowest BCUT2D eigenvalue weighted by Gasteiger charge is -2.42. The summed E-state index contributed by atoms with van der Waals surface area (Å²) < 4.78 is 0.958. The van der Waals surface area contributed by atoms with Crippen molar-refractivity contribution in [3.8, 4) is 5.75 Å². The molecule has 2 N–H and O–H groups in total. The van der Waals surface area contributed by atoms with Gasteiger partial charge in [0, 0.05) is 53.7 Å². The first-order valence-corrected chi connectivity index (χ1v) is 12.8. The van der Waals surface area contributed by atoms with Gasteiger partial charge in [0.15, 0.2) is 0 Å². The molecule has 1 fully saturated rings. The molecule has 0 aliphatic carbocycles. The second kappa shape index (κ2) is 8.24. The van der Waals surface area contributed by atoms with Crippen molar-refractivity contribution in [1.82, 2.24) is 19.7 Å². The molecule has 1 saturated heterocycles. The van der Waals surface area contributed by atoms with E-state index in [1.54, 1.807) is 23.1 Å². The smallest absolute Gasteiger partial charge is 0.328 e. The summed E-state index contributed by atoms with van der Waals surface area (Å²) in [6.45, 7) is 4.68. The van der Waals surface area contributed by atoms with E-state index in [2.05, 4.69) is 44.0 Å². The van der Waals surface area contributed by atoms with Crippen LogP contribution in [0.2, 0.25) is 0 Å². The quantitative estimate of drug-likeness (QED) is 0.379. The number of phenolic OH excluding ortho intramolecular Hbond substituents is 1. The van der Waals surface area contributed by atoms with Crippen molar-refractivity contribution >= 4 is 38.8 Å². The van der Waals surface area contributed by atoms with Crippen LogP contribution in [0.1, 0.15) is 36.2 Å². The van der Waals surface area contributed by atoms with Crippen LogP contribution in [-0.4, -0.2) is 68.4 Å². The second-order valence-electron chi connectivity index (χ2n) is 9.83. The first-order valence-electron chi connectivity index (χ1n) is 12.0. The highest BCUT2D eigenvalue weighted by molar-refractivity contribution is 9.10. The van der Waals surface area contributed by atoms with Gasteiger partial charge in [0.05, 0.1) is 0 Å². The van der Waals surface area contributed by atoms with E-state index < -0.39 is 11.6 Å². The van der Waals surface area contributed by atoms with Gasteiger partial charge >= 0.3 is 6.03 Å². The lowest BCUT2D eigenvalue weighted by Crippen LogP contribution is -2.53. The number of carbonyl (C=O) groups excluding carboxylic acids is 2. The van der Waals surface area contributed by atoms with Gasteiger partial charge in [-0.3, -0.25) is 19.5 Å². The molecule has 2 unspecified atom stereocenters. The van der Waals surface area contributed by atoms with Gasteiger partial charge in [-0.05, 0) is 54.8 Å². The monoisotopic (exact) mass is 534 g/mol. The summed E-state index contributed by atoms with van der Waals surface area (Å²) in [4.78, 5) is 36.7. The lowest BCUT2D eigenvalue weighted by atomic mass is 9.81. The van der Waals surface area contributed by atoms with Crippen LogP contribution in [0.5, 0.6) is 5.75 Å². The molecule has 7 nitrogen and oxygen atoms in total. The number of fused-ring (bicyclic) bond motifs is 4. The zero-order valence-corrected chi connectivity index (χ0v) is 21.1. The number of urea groups is 1. The third-order valence-corrected chi connectivity index (χ3v) is 8.09. The first-order chi connectivity index (χ1) is 16.9. The van der Waals surface area contributed by atoms with Crippen LogP contribution in [0.15, 0.2) is 59.1 Å². The average Bonchev–Trinajstić information content (AvgIpc) is 3.28. The number of nitrogens with one attached hydrogen (secondary N) is 1. The Morgan fingerprint density at radius 3 is 2.77 bits per heavy atom. The molecule has 2 atom stereocenters. The van der Waals surface area contributed by atoms with Crippen LogP contribution in [-0.2, 0) is 11.2 Å². The summed E-state index contributed by atoms with van der Waals surface area (Å²) in [5.74, 6) is -0.0293. The number of phenols is 1. The molecule has 6 rings (SSSR count). The summed E-state index contributed by atoms with van der Waals surface area (Å²) in [5.41, 5.74) is 2.65. The normalized spacial score (nSPS) is 24.3. The Morgan fingerprint density at radius 1 is 1.14 bits per heavy atom. The Hall–Kier alpha value is -3.10. The van der Waals surface area contributed by atoms with E-state index in [1.807, 2.05) is 25.1 Å². The number of carbonyl (C=O) groups is 2. The maximum atomic E-state index is 13.9. The van der Waals surface area contributed by atoms with Gasteiger partial charge in [-0.15, -0.1) is 0 Å². The minimum atomic E-state index is -1.01. The Bertz CT molecular complexity index is 1380. The molecule has 0 saturated carbocycles. The van der Waals surface area contributed by atoms with Crippen LogP contribution in [0.25, 0.3) is 10.9 Å². The van der Waals surface area contributed by atoms with Crippen molar-refractivity contribution < 1.29 is 14.7 Å². The molecule has 3 aromatic rings. The summed E-state index contributed by atoms with van der Waals surface area (Å²) in [6, 6.07) is 12.2. The van der Waals surface area contributed by atoms with Crippen LogP contribution < -0.4 is 0 Å². The minimum Gasteiger partial charge on any atom is -0.508 e. The molecule has 0 spiro atoms. The van der Waals surface area contributed by atoms with Crippen molar-refractivity contribution in [1.29, 1.82) is 0 Å². The number of imide groups is 1. The van der Waals surface area contributed by atoms with Crippen molar-refractivity contribution in [3.05, 3.63) is 75.9 Å². The lowest BCUT2D eigenvalue weighted by molar-refractivity contribution is -0.133. The number of aromatic hydroxyl groups is 1. The van der Waals surface area contributed by atoms with Crippen LogP contribution in [0.4, 0.5) is 4.79 Å². The highest BCUT2D eigenvalue weighted by Crippen LogP contribution is 2.49. The number of hydrogen-bond donors (Lipinski definition) is 2. The number of hydrogen-bond acceptors (Lipinski definition) is 4. The van der Waals surface area contributed by atoms with Crippen LogP contribution in [0.3, 0.4) is 0 Å². The van der Waals surface area contributed by atoms with E-state index >= 15 is 0 Å². The number of aromatic nitrogens is 1. The predicted molar refractivity (Wildman–Crippen MR) is 137 cm³/mol. The fourth-order valence-electron chi connectivity index (χ4n) is 5.86. The van der Waals surface area contributed by atoms with Crippen LogP contribution >= 0.6 is 15.9 Å². The third kappa shape index (κ3) is 3.50. The topological polar surface area (TPSA) is 79.9 Å². The van der Waals surface area contributed by atoms with Crippen molar-refractivity contribution in [2.24, 2.45) is 0 Å². The molecule has 2 aromatic carbocycles. The van der Waals surface area contributed by atoms with E-state index in [0.29, 0.717) is 19.5 Å². The van der Waals surface area contributed by atoms with Crippen molar-refractivity contribution in [2.75, 3.05) is 26.2 Å². The van der Waals surface area contributed by atoms with Gasteiger partial charge in [-0.25, -0.2) is 4.79 Å². The fraction of sp³-hybridized carbons (Fsp3) is 0.333. The molecule has 4 heterocycles. The maximum Gasteiger partial charge on any atom is 0.328 e. The van der Waals surface area contributed by atoms with E-state index in [1.165, 1.54) is 4.90 Å². The number of nitrogens with zero attached hydrogens (tertiary/aromatic N) is 3. The van der Waals surface area contributed by atoms with E-state index in [9.17, 15) is 14.7 Å². The Labute approximate surface area is 212 Å². The zero-order valence-electron chi connectivity index (χ0n) is 19.5. The van der Waals surface area contributed by atoms with Gasteiger partial charge in [0.1, 0.15) is 17.3 Å². The number of H-pyrrole nitrogens is 1. The van der Waals surface area contributed by atoms with Crippen molar-refractivity contribution in [2.45, 2.75) is 31.3 Å². The molecule has 3 amide bonds. The van der Waals surface area contributed by atoms with Gasteiger partial charge in [0.25, 0.3) is 5.91 Å². The maximum absolute atomic E-state index is 13.9. The first kappa shape index (κ1) is 22.4. The molecule has 35 heavy (non-hydrogen) atoms. The minimum absolute atomic E-state index is 0.128. The molecule has 0 radical (unpaired) electrons. The molecular formula is C27H27BrN4O3. The zero-order chi connectivity index (χ0) is 24.3. The van der Waals surface area contributed by atoms with Gasteiger partial charge in [0.2, 0.25) is 0 Å². The molecule has 8 heteroatoms. The molecule has 180 valence electrons. The molecule has 1 aromatic heterocycles. The Morgan fingerprint density at radius 2 is 2.00 bits per heavy atom. The van der Waals surface area contributed by atoms with E-state index in [-0.39, 0.29) is 17.7 Å². The number of amides is 3. The number of halogens is 1. The number of rotatable bonds is 4. The van der Waals surface area contributed by atoms with Gasteiger partial charge in [-0.2, -0.15) is 0 Å². The Balaban J connectivity index is 1.45. The highest BCUT2D eigenvalue weighted by atomic mass is 79.9. The summed E-state index contributed by atoms with van der Waals surface area (Å²) in [5, 5.41) is 11.3. The van der Waals surface area contributed by atoms with Crippen LogP contribution in [0, 0.1) is 0 Å². The second-order valence-corrected chi connectivity index (χ2v) is 10.7. The molecule has 3 aliphatic heterocycles. The fourth-order valence-corrected chi connectivity index (χ4v) is 6.22. The molecule has 3 aliphatic rings. The Kier molecular flexibility index (Phi) is 5.27. The number of benzene rings is 2. The molecular weight excluding hydrogens is 508 g/mol. The predicted octanol–water partition coefficient (Wildman–Crippen LogP) is 4.57. The van der Waals surface area contributed by atoms with Gasteiger partial charge < -0.3 is 10.1 Å². The van der Waals surface area contributed by atoms with Crippen molar-refractivity contribution in [3.63, 3.8) is 0 Å². The molecule has 0 bridgehead atoms. The third-order valence-electron chi connectivity index (χ3n) is 7.60.